The molecule has 0 aliphatic rings. The van der Waals surface area contributed by atoms with Crippen molar-refractivity contribution in [1.82, 2.24) is 0 Å². The number of hydrogen-bond donors (Lipinski definition) is 1. The van der Waals surface area contributed by atoms with E-state index >= 15 is 0 Å². The summed E-state index contributed by atoms with van der Waals surface area (Å²) in [6.07, 6.45) is 1.30. The predicted molar refractivity (Wildman–Crippen MR) is 73.6 cm³/mol. The van der Waals surface area contributed by atoms with Crippen molar-refractivity contribution >= 4 is 17.6 Å². The van der Waals surface area contributed by atoms with E-state index in [2.05, 4.69) is 0 Å². The average molecular weight is 270 g/mol. The number of halogens is 1. The van der Waals surface area contributed by atoms with Crippen molar-refractivity contribution in [2.45, 2.75) is 45.3 Å². The van der Waals surface area contributed by atoms with Crippen LogP contribution in [0.2, 0.25) is 5.02 Å². The van der Waals surface area contributed by atoms with Gasteiger partial charge in [0, 0.05) is 5.02 Å². The number of rotatable bonds is 4. The standard InChI is InChI=1S/C14H20ClNO2/c1-14(2,3)18-13(17)12(16)9-6-10-4-7-11(15)8-5-10/h4-5,7-8,12H,6,9,16H2,1-3H3/t12-/m1/s1. The third-order valence-corrected chi connectivity index (χ3v) is 2.62. The lowest BCUT2D eigenvalue weighted by molar-refractivity contribution is -0.156. The van der Waals surface area contributed by atoms with Crippen molar-refractivity contribution in [1.29, 1.82) is 0 Å². The summed E-state index contributed by atoms with van der Waals surface area (Å²) in [5.74, 6) is -0.350. The maximum atomic E-state index is 11.7. The van der Waals surface area contributed by atoms with Gasteiger partial charge >= 0.3 is 5.97 Å². The number of carbonyl (C=O) groups is 1. The van der Waals surface area contributed by atoms with Crippen LogP contribution < -0.4 is 5.73 Å². The Morgan fingerprint density at radius 3 is 2.39 bits per heavy atom. The summed E-state index contributed by atoms with van der Waals surface area (Å²) < 4.78 is 5.22. The Morgan fingerprint density at radius 2 is 1.89 bits per heavy atom. The van der Waals surface area contributed by atoms with Crippen molar-refractivity contribution in [3.63, 3.8) is 0 Å². The molecule has 0 radical (unpaired) electrons. The third-order valence-electron chi connectivity index (χ3n) is 2.37. The SMILES string of the molecule is CC(C)(C)OC(=O)[C@H](N)CCc1ccc(Cl)cc1. The average Bonchev–Trinajstić information content (AvgIpc) is 2.25. The van der Waals surface area contributed by atoms with Gasteiger partial charge in [0.05, 0.1) is 0 Å². The molecular formula is C14H20ClNO2. The van der Waals surface area contributed by atoms with Gasteiger partial charge in [-0.1, -0.05) is 23.7 Å². The molecule has 18 heavy (non-hydrogen) atoms. The molecule has 0 amide bonds. The van der Waals surface area contributed by atoms with E-state index in [4.69, 9.17) is 22.1 Å². The normalized spacial score (nSPS) is 13.2. The zero-order valence-electron chi connectivity index (χ0n) is 11.1. The van der Waals surface area contributed by atoms with Gasteiger partial charge in [-0.25, -0.2) is 0 Å². The monoisotopic (exact) mass is 269 g/mol. The van der Waals surface area contributed by atoms with Crippen LogP contribution in [0.3, 0.4) is 0 Å². The molecule has 0 fully saturated rings. The van der Waals surface area contributed by atoms with E-state index in [-0.39, 0.29) is 5.97 Å². The molecule has 0 spiro atoms. The summed E-state index contributed by atoms with van der Waals surface area (Å²) >= 11 is 5.80. The molecule has 0 aliphatic carbocycles. The van der Waals surface area contributed by atoms with E-state index in [1.54, 1.807) is 0 Å². The highest BCUT2D eigenvalue weighted by Crippen LogP contribution is 2.13. The van der Waals surface area contributed by atoms with Crippen molar-refractivity contribution in [2.24, 2.45) is 5.73 Å². The van der Waals surface area contributed by atoms with Crippen molar-refractivity contribution in [3.05, 3.63) is 34.9 Å². The van der Waals surface area contributed by atoms with E-state index in [0.717, 1.165) is 12.0 Å². The minimum absolute atomic E-state index is 0.350. The van der Waals surface area contributed by atoms with Crippen molar-refractivity contribution in [2.75, 3.05) is 0 Å². The van der Waals surface area contributed by atoms with Crippen LogP contribution >= 0.6 is 11.6 Å². The van der Waals surface area contributed by atoms with E-state index in [9.17, 15) is 4.79 Å². The first-order valence-corrected chi connectivity index (χ1v) is 6.38. The molecule has 0 unspecified atom stereocenters. The second-order valence-corrected chi connectivity index (χ2v) is 5.74. The largest absolute Gasteiger partial charge is 0.459 e. The third kappa shape index (κ3) is 5.52. The lowest BCUT2D eigenvalue weighted by Crippen LogP contribution is -2.37. The first-order valence-electron chi connectivity index (χ1n) is 6.01. The molecule has 0 saturated carbocycles. The summed E-state index contributed by atoms with van der Waals surface area (Å²) in [7, 11) is 0. The second kappa shape index (κ2) is 6.21. The van der Waals surface area contributed by atoms with Crippen molar-refractivity contribution in [3.8, 4) is 0 Å². The van der Waals surface area contributed by atoms with Crippen LogP contribution in [0.4, 0.5) is 0 Å². The van der Waals surface area contributed by atoms with Crippen LogP contribution in [0.5, 0.6) is 0 Å². The van der Waals surface area contributed by atoms with Gasteiger partial charge < -0.3 is 10.5 Å². The molecule has 1 aromatic rings. The van der Waals surface area contributed by atoms with Gasteiger partial charge in [0.2, 0.25) is 0 Å². The van der Waals surface area contributed by atoms with E-state index < -0.39 is 11.6 Å². The van der Waals surface area contributed by atoms with E-state index in [0.29, 0.717) is 11.4 Å². The topological polar surface area (TPSA) is 52.3 Å². The Hall–Kier alpha value is -1.06. The maximum Gasteiger partial charge on any atom is 0.323 e. The lowest BCUT2D eigenvalue weighted by atomic mass is 10.1. The smallest absolute Gasteiger partial charge is 0.323 e. The molecular weight excluding hydrogens is 250 g/mol. The highest BCUT2D eigenvalue weighted by Gasteiger charge is 2.21. The maximum absolute atomic E-state index is 11.7. The summed E-state index contributed by atoms with van der Waals surface area (Å²) in [5, 5.41) is 0.704. The summed E-state index contributed by atoms with van der Waals surface area (Å²) in [6.45, 7) is 5.49. The molecule has 0 bridgehead atoms. The zero-order valence-corrected chi connectivity index (χ0v) is 11.8. The molecule has 0 aromatic heterocycles. The number of esters is 1. The van der Waals surface area contributed by atoms with Gasteiger partial charge in [-0.05, 0) is 51.3 Å². The zero-order chi connectivity index (χ0) is 13.8. The molecule has 1 atom stereocenters. The van der Waals surface area contributed by atoms with Gasteiger partial charge in [-0.2, -0.15) is 0 Å². The first-order chi connectivity index (χ1) is 8.28. The quantitative estimate of drug-likeness (QED) is 0.855. The number of carbonyl (C=O) groups excluding carboxylic acids is 1. The van der Waals surface area contributed by atoms with E-state index in [1.165, 1.54) is 0 Å². The van der Waals surface area contributed by atoms with Crippen molar-refractivity contribution < 1.29 is 9.53 Å². The summed E-state index contributed by atoms with van der Waals surface area (Å²) in [6, 6.07) is 6.94. The van der Waals surface area contributed by atoms with Crippen LogP contribution in [0.1, 0.15) is 32.8 Å². The van der Waals surface area contributed by atoms with E-state index in [1.807, 2.05) is 45.0 Å². The minimum atomic E-state index is -0.583. The van der Waals surface area contributed by atoms with Crippen LogP contribution in [0.15, 0.2) is 24.3 Å². The Labute approximate surface area is 113 Å². The number of benzene rings is 1. The molecule has 0 aliphatic heterocycles. The fourth-order valence-electron chi connectivity index (χ4n) is 1.47. The number of ether oxygens (including phenoxy) is 1. The molecule has 0 heterocycles. The Balaban J connectivity index is 2.43. The highest BCUT2D eigenvalue weighted by molar-refractivity contribution is 6.30. The molecule has 100 valence electrons. The summed E-state index contributed by atoms with van der Waals surface area (Å²) in [5.41, 5.74) is 6.42. The Bertz CT molecular complexity index is 395. The van der Waals surface area contributed by atoms with Gasteiger partial charge in [0.1, 0.15) is 11.6 Å². The Morgan fingerprint density at radius 1 is 1.33 bits per heavy atom. The molecule has 2 N–H and O–H groups in total. The fourth-order valence-corrected chi connectivity index (χ4v) is 1.59. The van der Waals surface area contributed by atoms with Crippen LogP contribution in [-0.2, 0) is 16.0 Å². The van der Waals surface area contributed by atoms with Gasteiger partial charge in [-0.3, -0.25) is 4.79 Å². The molecule has 1 aromatic carbocycles. The van der Waals surface area contributed by atoms with Crippen LogP contribution in [-0.4, -0.2) is 17.6 Å². The van der Waals surface area contributed by atoms with Gasteiger partial charge in [0.15, 0.2) is 0 Å². The summed E-state index contributed by atoms with van der Waals surface area (Å²) in [4.78, 5) is 11.7. The van der Waals surface area contributed by atoms with Crippen LogP contribution in [0, 0.1) is 0 Å². The molecule has 3 nitrogen and oxygen atoms in total. The van der Waals surface area contributed by atoms with Gasteiger partial charge in [0.25, 0.3) is 0 Å². The predicted octanol–water partition coefficient (Wildman–Crippen LogP) is 2.94. The first kappa shape index (κ1) is 15.0. The molecule has 0 saturated heterocycles. The Kier molecular flexibility index (Phi) is 5.17. The van der Waals surface area contributed by atoms with Crippen LogP contribution in [0.25, 0.3) is 0 Å². The lowest BCUT2D eigenvalue weighted by Gasteiger charge is -2.22. The fraction of sp³-hybridized carbons (Fsp3) is 0.500. The minimum Gasteiger partial charge on any atom is -0.459 e. The number of aryl methyl sites for hydroxylation is 1. The molecule has 4 heteroatoms. The second-order valence-electron chi connectivity index (χ2n) is 5.31. The number of nitrogens with two attached hydrogens (primary N) is 1. The highest BCUT2D eigenvalue weighted by atomic mass is 35.5. The number of hydrogen-bond acceptors (Lipinski definition) is 3. The molecule has 1 rings (SSSR count). The van der Waals surface area contributed by atoms with Gasteiger partial charge in [-0.15, -0.1) is 0 Å².